The molecule has 0 radical (unpaired) electrons. The van der Waals surface area contributed by atoms with Crippen molar-refractivity contribution in [3.63, 3.8) is 0 Å². The summed E-state index contributed by atoms with van der Waals surface area (Å²) in [6.07, 6.45) is 3.97. The van der Waals surface area contributed by atoms with E-state index in [1.54, 1.807) is 38.3 Å². The average Bonchev–Trinajstić information content (AvgIpc) is 3.17. The van der Waals surface area contributed by atoms with E-state index < -0.39 is 5.97 Å². The molecule has 0 aliphatic rings. The number of aryl methyl sites for hydroxylation is 1. The summed E-state index contributed by atoms with van der Waals surface area (Å²) >= 11 is 7.36. The van der Waals surface area contributed by atoms with Crippen LogP contribution in [0.25, 0.3) is 17.2 Å². The van der Waals surface area contributed by atoms with Crippen molar-refractivity contribution in [3.8, 4) is 22.6 Å². The summed E-state index contributed by atoms with van der Waals surface area (Å²) in [5.41, 5.74) is 2.64. The Bertz CT molecular complexity index is 1220. The number of anilines is 1. The maximum Gasteiger partial charge on any atom is 0.341 e. The highest BCUT2D eigenvalue weighted by atomic mass is 35.5. The molecule has 0 bridgehead atoms. The molecule has 3 rings (SSSR count). The highest BCUT2D eigenvalue weighted by Crippen LogP contribution is 2.40. The van der Waals surface area contributed by atoms with Crippen LogP contribution in [0.1, 0.15) is 41.1 Å². The third-order valence-electron chi connectivity index (χ3n) is 5.01. The molecule has 0 spiro atoms. The lowest BCUT2D eigenvalue weighted by molar-refractivity contribution is -0.111. The number of methoxy groups -OCH3 is 1. The van der Waals surface area contributed by atoms with Crippen molar-refractivity contribution in [1.29, 1.82) is 0 Å². The first kappa shape index (κ1) is 26.3. The van der Waals surface area contributed by atoms with Crippen molar-refractivity contribution < 1.29 is 23.8 Å². The molecule has 6 nitrogen and oxygen atoms in total. The van der Waals surface area contributed by atoms with E-state index in [-0.39, 0.29) is 12.5 Å². The van der Waals surface area contributed by atoms with Crippen molar-refractivity contribution in [2.75, 3.05) is 25.6 Å². The van der Waals surface area contributed by atoms with Gasteiger partial charge in [0, 0.05) is 21.5 Å². The van der Waals surface area contributed by atoms with Crippen LogP contribution >= 0.6 is 22.9 Å². The van der Waals surface area contributed by atoms with Gasteiger partial charge >= 0.3 is 5.97 Å². The van der Waals surface area contributed by atoms with Gasteiger partial charge < -0.3 is 19.5 Å². The number of nitrogens with one attached hydrogen (secondary N) is 1. The maximum absolute atomic E-state index is 12.8. The van der Waals surface area contributed by atoms with Crippen LogP contribution in [0.5, 0.6) is 11.5 Å². The van der Waals surface area contributed by atoms with Gasteiger partial charge in [-0.15, -0.1) is 11.3 Å². The number of amides is 1. The molecule has 2 aromatic carbocycles. The van der Waals surface area contributed by atoms with Gasteiger partial charge in [0.15, 0.2) is 11.5 Å². The van der Waals surface area contributed by atoms with Gasteiger partial charge in [0.1, 0.15) is 10.6 Å². The topological polar surface area (TPSA) is 73.9 Å². The molecule has 1 aromatic heterocycles. The Morgan fingerprint density at radius 1 is 1.09 bits per heavy atom. The number of rotatable bonds is 10. The Morgan fingerprint density at radius 3 is 2.49 bits per heavy atom. The number of hydrogen-bond acceptors (Lipinski definition) is 6. The Hall–Kier alpha value is -3.29. The molecular formula is C27H28ClNO5S. The first-order chi connectivity index (χ1) is 16.9. The highest BCUT2D eigenvalue weighted by molar-refractivity contribution is 7.17. The zero-order valence-corrected chi connectivity index (χ0v) is 21.7. The summed E-state index contributed by atoms with van der Waals surface area (Å²) in [6.45, 7) is 6.49. The normalized spacial score (nSPS) is 10.9. The molecule has 0 unspecified atom stereocenters. The van der Waals surface area contributed by atoms with Crippen LogP contribution in [0.2, 0.25) is 5.02 Å². The molecule has 8 heteroatoms. The molecule has 1 N–H and O–H groups in total. The summed E-state index contributed by atoms with van der Waals surface area (Å²) in [5.74, 6) is 0.379. The summed E-state index contributed by atoms with van der Waals surface area (Å²) in [5, 5.41) is 3.87. The molecule has 1 amide bonds. The summed E-state index contributed by atoms with van der Waals surface area (Å²) < 4.78 is 16.4. The van der Waals surface area contributed by atoms with E-state index in [9.17, 15) is 9.59 Å². The number of ether oxygens (including phenoxy) is 3. The van der Waals surface area contributed by atoms with Gasteiger partial charge in [-0.05, 0) is 61.7 Å². The van der Waals surface area contributed by atoms with Crippen molar-refractivity contribution >= 4 is 45.9 Å². The van der Waals surface area contributed by atoms with Gasteiger partial charge in [0.25, 0.3) is 0 Å². The second-order valence-electron chi connectivity index (χ2n) is 7.55. The lowest BCUT2D eigenvalue weighted by Crippen LogP contribution is -2.12. The van der Waals surface area contributed by atoms with Crippen LogP contribution in [-0.4, -0.2) is 32.2 Å². The third-order valence-corrected chi connectivity index (χ3v) is 6.28. The molecular weight excluding hydrogens is 486 g/mol. The second kappa shape index (κ2) is 12.4. The summed E-state index contributed by atoms with van der Waals surface area (Å²) in [7, 11) is 1.57. The van der Waals surface area contributed by atoms with E-state index in [0.717, 1.165) is 28.0 Å². The number of hydrogen-bond donors (Lipinski definition) is 1. The van der Waals surface area contributed by atoms with Gasteiger partial charge in [-0.25, -0.2) is 4.79 Å². The van der Waals surface area contributed by atoms with Crippen molar-refractivity contribution in [3.05, 3.63) is 69.6 Å². The number of carbonyl (C=O) groups excluding carboxylic acids is 2. The van der Waals surface area contributed by atoms with E-state index in [1.165, 1.54) is 17.4 Å². The zero-order chi connectivity index (χ0) is 25.4. The molecule has 0 saturated carbocycles. The highest BCUT2D eigenvalue weighted by Gasteiger charge is 2.25. The second-order valence-corrected chi connectivity index (χ2v) is 9.21. The molecule has 1 heterocycles. The zero-order valence-electron chi connectivity index (χ0n) is 20.1. The van der Waals surface area contributed by atoms with Crippen LogP contribution in [0.3, 0.4) is 0 Å². The SMILES string of the molecule is CCCOc1ccc(/C=C/C(=O)Nc2sc(C)c(-c3ccc(Cl)cc3)c2C(=O)OCC)cc1OC. The minimum atomic E-state index is -0.492. The molecule has 0 atom stereocenters. The molecule has 0 aliphatic heterocycles. The minimum Gasteiger partial charge on any atom is -0.493 e. The number of esters is 1. The van der Waals surface area contributed by atoms with E-state index in [4.69, 9.17) is 25.8 Å². The lowest BCUT2D eigenvalue weighted by Gasteiger charge is -2.10. The molecule has 3 aromatic rings. The third kappa shape index (κ3) is 6.65. The average molecular weight is 514 g/mol. The minimum absolute atomic E-state index is 0.223. The number of thiophene rings is 1. The fourth-order valence-electron chi connectivity index (χ4n) is 3.44. The number of halogens is 1. The first-order valence-electron chi connectivity index (χ1n) is 11.2. The molecule has 35 heavy (non-hydrogen) atoms. The standard InChI is InChI=1S/C27H28ClNO5S/c1-5-15-34-21-13-7-18(16-22(21)32-4)8-14-23(30)29-26-25(27(31)33-6-2)24(17(3)35-26)19-9-11-20(28)12-10-19/h7-14,16H,5-6,15H2,1-4H3,(H,29,30)/b14-8+. The molecule has 0 fully saturated rings. The fourth-order valence-corrected chi connectivity index (χ4v) is 4.63. The lowest BCUT2D eigenvalue weighted by atomic mass is 10.0. The fraction of sp³-hybridized carbons (Fsp3) is 0.259. The smallest absolute Gasteiger partial charge is 0.341 e. The number of benzene rings is 2. The number of carbonyl (C=O) groups is 2. The van der Waals surface area contributed by atoms with E-state index in [1.807, 2.05) is 38.1 Å². The van der Waals surface area contributed by atoms with E-state index in [2.05, 4.69) is 5.32 Å². The quantitative estimate of drug-likeness (QED) is 0.233. The van der Waals surface area contributed by atoms with E-state index in [0.29, 0.717) is 33.7 Å². The van der Waals surface area contributed by atoms with Crippen LogP contribution in [0, 0.1) is 6.92 Å². The van der Waals surface area contributed by atoms with Crippen molar-refractivity contribution in [2.45, 2.75) is 27.2 Å². The molecule has 0 saturated heterocycles. The Kier molecular flexibility index (Phi) is 9.34. The molecule has 0 aliphatic carbocycles. The van der Waals surface area contributed by atoms with Gasteiger partial charge in [0.2, 0.25) is 5.91 Å². The Balaban J connectivity index is 1.86. The predicted octanol–water partition coefficient (Wildman–Crippen LogP) is 7.00. The Morgan fingerprint density at radius 2 is 1.83 bits per heavy atom. The van der Waals surface area contributed by atoms with Gasteiger partial charge in [-0.2, -0.15) is 0 Å². The van der Waals surface area contributed by atoms with Crippen molar-refractivity contribution in [1.82, 2.24) is 0 Å². The van der Waals surface area contributed by atoms with Crippen LogP contribution in [-0.2, 0) is 9.53 Å². The van der Waals surface area contributed by atoms with E-state index >= 15 is 0 Å². The van der Waals surface area contributed by atoms with Crippen LogP contribution < -0.4 is 14.8 Å². The van der Waals surface area contributed by atoms with Crippen LogP contribution in [0.15, 0.2) is 48.5 Å². The van der Waals surface area contributed by atoms with Crippen molar-refractivity contribution in [2.24, 2.45) is 0 Å². The Labute approximate surface area is 214 Å². The van der Waals surface area contributed by atoms with Crippen LogP contribution in [0.4, 0.5) is 5.00 Å². The van der Waals surface area contributed by atoms with Gasteiger partial charge in [-0.1, -0.05) is 36.7 Å². The molecule has 184 valence electrons. The maximum atomic E-state index is 12.8. The summed E-state index contributed by atoms with van der Waals surface area (Å²) in [4.78, 5) is 26.5. The predicted molar refractivity (Wildman–Crippen MR) is 142 cm³/mol. The monoisotopic (exact) mass is 513 g/mol. The largest absolute Gasteiger partial charge is 0.493 e. The summed E-state index contributed by atoms with van der Waals surface area (Å²) in [6, 6.07) is 12.7. The van der Waals surface area contributed by atoms with Gasteiger partial charge in [0.05, 0.1) is 20.3 Å². The first-order valence-corrected chi connectivity index (χ1v) is 12.4. The van der Waals surface area contributed by atoms with Gasteiger partial charge in [-0.3, -0.25) is 4.79 Å².